The Kier molecular flexibility index (Phi) is 5.68. The van der Waals surface area contributed by atoms with E-state index < -0.39 is 12.3 Å². The van der Waals surface area contributed by atoms with Gasteiger partial charge in [0.2, 0.25) is 0 Å². The molecule has 1 aliphatic rings. The van der Waals surface area contributed by atoms with Crippen LogP contribution in [0.1, 0.15) is 5.56 Å². The lowest BCUT2D eigenvalue weighted by Gasteiger charge is -2.16. The SMILES string of the molecule is Cl.O=C(O)CN1CCOc2ccc(OC(F)(F)F)cc2C1. The minimum absolute atomic E-state index is 0. The molecule has 0 saturated carbocycles. The summed E-state index contributed by atoms with van der Waals surface area (Å²) < 4.78 is 45.7. The van der Waals surface area contributed by atoms with E-state index in [0.717, 1.165) is 0 Å². The largest absolute Gasteiger partial charge is 0.573 e. The molecule has 1 aromatic rings. The Balaban J connectivity index is 0.00000220. The Morgan fingerprint density at radius 3 is 2.76 bits per heavy atom. The van der Waals surface area contributed by atoms with Crippen LogP contribution in [0.2, 0.25) is 0 Å². The van der Waals surface area contributed by atoms with E-state index in [-0.39, 0.29) is 37.9 Å². The maximum atomic E-state index is 12.2. The lowest BCUT2D eigenvalue weighted by molar-refractivity contribution is -0.274. The number of rotatable bonds is 3. The molecule has 1 heterocycles. The highest BCUT2D eigenvalue weighted by Gasteiger charge is 2.31. The van der Waals surface area contributed by atoms with Crippen LogP contribution in [0, 0.1) is 0 Å². The van der Waals surface area contributed by atoms with Crippen LogP contribution in [0.3, 0.4) is 0 Å². The van der Waals surface area contributed by atoms with Crippen molar-refractivity contribution in [3.63, 3.8) is 0 Å². The molecular weight excluding hydrogens is 315 g/mol. The van der Waals surface area contributed by atoms with E-state index >= 15 is 0 Å². The van der Waals surface area contributed by atoms with Gasteiger partial charge >= 0.3 is 12.3 Å². The lowest BCUT2D eigenvalue weighted by Crippen LogP contribution is -2.31. The van der Waals surface area contributed by atoms with E-state index in [4.69, 9.17) is 9.84 Å². The van der Waals surface area contributed by atoms with E-state index in [1.165, 1.54) is 18.2 Å². The fraction of sp³-hybridized carbons (Fsp3) is 0.417. The van der Waals surface area contributed by atoms with Gasteiger partial charge in [-0.05, 0) is 18.2 Å². The molecule has 0 aliphatic carbocycles. The van der Waals surface area contributed by atoms with Crippen LogP contribution in [-0.4, -0.2) is 42.0 Å². The number of aliphatic carboxylic acids is 1. The lowest BCUT2D eigenvalue weighted by atomic mass is 10.2. The van der Waals surface area contributed by atoms with Gasteiger partial charge in [-0.15, -0.1) is 25.6 Å². The molecule has 2 rings (SSSR count). The smallest absolute Gasteiger partial charge is 0.492 e. The normalized spacial score (nSPS) is 15.2. The van der Waals surface area contributed by atoms with Crippen molar-refractivity contribution in [2.45, 2.75) is 12.9 Å². The Morgan fingerprint density at radius 2 is 2.14 bits per heavy atom. The summed E-state index contributed by atoms with van der Waals surface area (Å²) in [4.78, 5) is 12.3. The minimum Gasteiger partial charge on any atom is -0.492 e. The zero-order valence-electron chi connectivity index (χ0n) is 10.7. The van der Waals surface area contributed by atoms with Crippen LogP contribution in [0.25, 0.3) is 0 Å². The molecule has 0 atom stereocenters. The molecule has 0 amide bonds. The molecule has 0 unspecified atom stereocenters. The summed E-state index contributed by atoms with van der Waals surface area (Å²) in [5.41, 5.74) is 0.463. The first-order valence-corrected chi connectivity index (χ1v) is 5.79. The number of nitrogens with zero attached hydrogens (tertiary/aromatic N) is 1. The summed E-state index contributed by atoms with van der Waals surface area (Å²) in [5, 5.41) is 8.76. The number of carboxylic acid groups (broad SMARTS) is 1. The van der Waals surface area contributed by atoms with Crippen LogP contribution in [0.4, 0.5) is 13.2 Å². The average Bonchev–Trinajstić information content (AvgIpc) is 2.47. The van der Waals surface area contributed by atoms with E-state index in [1.54, 1.807) is 4.90 Å². The van der Waals surface area contributed by atoms with Gasteiger partial charge in [-0.3, -0.25) is 9.69 Å². The summed E-state index contributed by atoms with van der Waals surface area (Å²) in [6.07, 6.45) is -4.76. The number of fused-ring (bicyclic) bond motifs is 1. The predicted molar refractivity (Wildman–Crippen MR) is 68.8 cm³/mol. The summed E-state index contributed by atoms with van der Waals surface area (Å²) in [6, 6.07) is 3.77. The van der Waals surface area contributed by atoms with E-state index in [1.807, 2.05) is 0 Å². The molecule has 9 heteroatoms. The maximum absolute atomic E-state index is 12.2. The van der Waals surface area contributed by atoms with Gasteiger partial charge in [-0.2, -0.15) is 0 Å². The number of alkyl halides is 3. The Hall–Kier alpha value is -1.67. The summed E-state index contributed by atoms with van der Waals surface area (Å²) in [5.74, 6) is -0.916. The molecule has 0 aromatic heterocycles. The zero-order valence-corrected chi connectivity index (χ0v) is 11.5. The molecule has 118 valence electrons. The molecular formula is C12H13ClF3NO4. The molecule has 0 saturated heterocycles. The van der Waals surface area contributed by atoms with Gasteiger partial charge in [-0.1, -0.05) is 0 Å². The molecule has 1 aliphatic heterocycles. The number of benzene rings is 1. The van der Waals surface area contributed by atoms with Gasteiger partial charge in [0, 0.05) is 18.7 Å². The van der Waals surface area contributed by atoms with Crippen molar-refractivity contribution >= 4 is 18.4 Å². The molecule has 21 heavy (non-hydrogen) atoms. The van der Waals surface area contributed by atoms with Crippen molar-refractivity contribution in [1.82, 2.24) is 4.90 Å². The molecule has 1 N–H and O–H groups in total. The van der Waals surface area contributed by atoms with Gasteiger partial charge in [0.15, 0.2) is 0 Å². The standard InChI is InChI=1S/C12H12F3NO4.ClH/c13-12(14,15)20-9-1-2-10-8(5-9)6-16(3-4-19-10)7-11(17)18;/h1-2,5H,3-4,6-7H2,(H,17,18);1H. The fourth-order valence-electron chi connectivity index (χ4n) is 1.95. The highest BCUT2D eigenvalue weighted by Crippen LogP contribution is 2.30. The highest BCUT2D eigenvalue weighted by molar-refractivity contribution is 5.85. The van der Waals surface area contributed by atoms with Crippen molar-refractivity contribution in [1.29, 1.82) is 0 Å². The third-order valence-electron chi connectivity index (χ3n) is 2.68. The monoisotopic (exact) mass is 327 g/mol. The van der Waals surface area contributed by atoms with Crippen molar-refractivity contribution in [3.8, 4) is 11.5 Å². The van der Waals surface area contributed by atoms with Gasteiger partial charge in [-0.25, -0.2) is 0 Å². The number of halogens is 4. The van der Waals surface area contributed by atoms with Gasteiger partial charge in [0.1, 0.15) is 18.1 Å². The Morgan fingerprint density at radius 1 is 1.43 bits per heavy atom. The van der Waals surface area contributed by atoms with Crippen molar-refractivity contribution < 1.29 is 32.5 Å². The zero-order chi connectivity index (χ0) is 14.8. The quantitative estimate of drug-likeness (QED) is 0.923. The second-order valence-electron chi connectivity index (χ2n) is 4.27. The van der Waals surface area contributed by atoms with E-state index in [2.05, 4.69) is 4.74 Å². The van der Waals surface area contributed by atoms with E-state index in [0.29, 0.717) is 17.9 Å². The average molecular weight is 328 g/mol. The van der Waals surface area contributed by atoms with Crippen molar-refractivity contribution in [3.05, 3.63) is 23.8 Å². The molecule has 0 spiro atoms. The van der Waals surface area contributed by atoms with Crippen LogP contribution >= 0.6 is 12.4 Å². The number of ether oxygens (including phenoxy) is 2. The summed E-state index contributed by atoms with van der Waals surface area (Å²) >= 11 is 0. The first kappa shape index (κ1) is 17.4. The second-order valence-corrected chi connectivity index (χ2v) is 4.27. The van der Waals surface area contributed by atoms with Crippen LogP contribution in [0.5, 0.6) is 11.5 Å². The van der Waals surface area contributed by atoms with Crippen LogP contribution in [-0.2, 0) is 11.3 Å². The maximum Gasteiger partial charge on any atom is 0.573 e. The van der Waals surface area contributed by atoms with Crippen molar-refractivity contribution in [2.75, 3.05) is 19.7 Å². The third-order valence-corrected chi connectivity index (χ3v) is 2.68. The van der Waals surface area contributed by atoms with Gasteiger partial charge in [0.25, 0.3) is 0 Å². The highest BCUT2D eigenvalue weighted by atomic mass is 35.5. The molecule has 0 radical (unpaired) electrons. The van der Waals surface area contributed by atoms with E-state index in [9.17, 15) is 18.0 Å². The number of hydrogen-bond acceptors (Lipinski definition) is 4. The minimum atomic E-state index is -4.76. The summed E-state index contributed by atoms with van der Waals surface area (Å²) in [7, 11) is 0. The summed E-state index contributed by atoms with van der Waals surface area (Å²) in [6.45, 7) is 0.653. The molecule has 5 nitrogen and oxygen atoms in total. The second kappa shape index (κ2) is 6.86. The number of carbonyl (C=O) groups is 1. The number of hydrogen-bond donors (Lipinski definition) is 1. The molecule has 0 fully saturated rings. The Labute approximate surface area is 124 Å². The Bertz CT molecular complexity index is 510. The van der Waals surface area contributed by atoms with Gasteiger partial charge < -0.3 is 14.6 Å². The number of carboxylic acids is 1. The molecule has 0 bridgehead atoms. The van der Waals surface area contributed by atoms with Gasteiger partial charge in [0.05, 0.1) is 6.54 Å². The fourth-order valence-corrected chi connectivity index (χ4v) is 1.95. The predicted octanol–water partition coefficient (Wildman–Crippen LogP) is 2.29. The first-order valence-electron chi connectivity index (χ1n) is 5.79. The first-order chi connectivity index (χ1) is 9.33. The topological polar surface area (TPSA) is 59.0 Å². The molecule has 1 aromatic carbocycles. The van der Waals surface area contributed by atoms with Crippen molar-refractivity contribution in [2.24, 2.45) is 0 Å². The van der Waals surface area contributed by atoms with Crippen LogP contribution < -0.4 is 9.47 Å². The third kappa shape index (κ3) is 5.31. The van der Waals surface area contributed by atoms with Crippen LogP contribution in [0.15, 0.2) is 18.2 Å².